The maximum atomic E-state index is 8.08. The van der Waals surface area contributed by atoms with Crippen molar-refractivity contribution >= 4 is 55.0 Å². The molecule has 0 radical (unpaired) electrons. The summed E-state index contributed by atoms with van der Waals surface area (Å²) in [6.07, 6.45) is 0. The first kappa shape index (κ1) is 28.9. The summed E-state index contributed by atoms with van der Waals surface area (Å²) in [6, 6.07) is 33.2. The second-order valence-electron chi connectivity index (χ2n) is 15.5. The first-order valence-corrected chi connectivity index (χ1v) is 18.0. The number of benzene rings is 5. The molecule has 0 aliphatic carbocycles. The van der Waals surface area contributed by atoms with Gasteiger partial charge in [-0.2, -0.15) is 0 Å². The highest BCUT2D eigenvalue weighted by Gasteiger charge is 2.30. The SMILES string of the molecule is [2H]C([2H])([2H])c1ccc2c(n1)oc1c(-c3nc4ccc5ccccc5c4n3-c3c(C(C)C)cc(-c4ccccc4)cc3C(C)C)cc3nc(C(C)(C)C)oc3c12. The van der Waals surface area contributed by atoms with Crippen LogP contribution in [0.25, 0.3) is 83.2 Å². The highest BCUT2D eigenvalue weighted by Crippen LogP contribution is 2.46. The molecule has 0 N–H and O–H groups in total. The van der Waals surface area contributed by atoms with Gasteiger partial charge in [0.05, 0.1) is 33.1 Å². The lowest BCUT2D eigenvalue weighted by molar-refractivity contribution is 0.412. The van der Waals surface area contributed by atoms with Crippen LogP contribution in [0, 0.1) is 6.85 Å². The first-order chi connectivity index (χ1) is 26.2. The molecule has 0 aliphatic rings. The minimum Gasteiger partial charge on any atom is -0.439 e. The summed E-state index contributed by atoms with van der Waals surface area (Å²) >= 11 is 0. The molecule has 0 saturated heterocycles. The van der Waals surface area contributed by atoms with Crippen molar-refractivity contribution in [3.63, 3.8) is 0 Å². The molecule has 6 nitrogen and oxygen atoms in total. The minimum absolute atomic E-state index is 0.0369. The molecule has 9 rings (SSSR count). The van der Waals surface area contributed by atoms with E-state index in [1.165, 1.54) is 16.7 Å². The van der Waals surface area contributed by atoms with Gasteiger partial charge in [-0.15, -0.1) is 0 Å². The normalized spacial score (nSPS) is 13.7. The van der Waals surface area contributed by atoms with Crippen molar-refractivity contribution in [3.8, 4) is 28.2 Å². The van der Waals surface area contributed by atoms with Crippen molar-refractivity contribution in [1.29, 1.82) is 0 Å². The number of imidazole rings is 1. The van der Waals surface area contributed by atoms with E-state index in [2.05, 4.69) is 131 Å². The predicted molar refractivity (Wildman–Crippen MR) is 214 cm³/mol. The molecule has 5 aromatic carbocycles. The maximum Gasteiger partial charge on any atom is 0.227 e. The fraction of sp³-hybridized carbons (Fsp3) is 0.239. The lowest BCUT2D eigenvalue weighted by atomic mass is 9.88. The van der Waals surface area contributed by atoms with Crippen molar-refractivity contribution in [1.82, 2.24) is 19.5 Å². The van der Waals surface area contributed by atoms with Crippen LogP contribution in [-0.4, -0.2) is 19.5 Å². The third kappa shape index (κ3) is 4.95. The number of oxazole rings is 1. The Morgan fingerprint density at radius 3 is 2.12 bits per heavy atom. The van der Waals surface area contributed by atoms with Crippen LogP contribution in [0.15, 0.2) is 106 Å². The third-order valence-electron chi connectivity index (χ3n) is 10.1. The van der Waals surface area contributed by atoms with Gasteiger partial charge in [-0.05, 0) is 82.7 Å². The Balaban J connectivity index is 1.47. The van der Waals surface area contributed by atoms with Crippen molar-refractivity contribution in [2.45, 2.75) is 72.6 Å². The summed E-state index contributed by atoms with van der Waals surface area (Å²) in [6.45, 7) is 12.8. The van der Waals surface area contributed by atoms with Gasteiger partial charge in [0.25, 0.3) is 0 Å². The molecule has 258 valence electrons. The van der Waals surface area contributed by atoms with Crippen LogP contribution < -0.4 is 0 Å². The van der Waals surface area contributed by atoms with E-state index in [0.29, 0.717) is 44.7 Å². The van der Waals surface area contributed by atoms with Crippen LogP contribution in [-0.2, 0) is 5.41 Å². The van der Waals surface area contributed by atoms with E-state index in [0.717, 1.165) is 33.1 Å². The quantitative estimate of drug-likeness (QED) is 0.180. The summed E-state index contributed by atoms with van der Waals surface area (Å²) in [5.41, 5.74) is 9.89. The molecular weight excluding hydrogens is 641 g/mol. The van der Waals surface area contributed by atoms with E-state index >= 15 is 0 Å². The molecule has 0 spiro atoms. The molecular formula is C46H42N4O2. The Morgan fingerprint density at radius 1 is 0.673 bits per heavy atom. The van der Waals surface area contributed by atoms with Crippen molar-refractivity contribution in [2.75, 3.05) is 0 Å². The van der Waals surface area contributed by atoms with Crippen LogP contribution >= 0.6 is 0 Å². The molecule has 4 heterocycles. The lowest BCUT2D eigenvalue weighted by Gasteiger charge is -2.24. The van der Waals surface area contributed by atoms with Crippen LogP contribution in [0.5, 0.6) is 0 Å². The zero-order valence-corrected chi connectivity index (χ0v) is 30.5. The van der Waals surface area contributed by atoms with Crippen molar-refractivity contribution in [3.05, 3.63) is 120 Å². The second kappa shape index (κ2) is 11.6. The fourth-order valence-corrected chi connectivity index (χ4v) is 7.54. The van der Waals surface area contributed by atoms with Gasteiger partial charge in [0.2, 0.25) is 11.6 Å². The summed E-state index contributed by atoms with van der Waals surface area (Å²) in [5.74, 6) is 1.60. The van der Waals surface area contributed by atoms with E-state index in [9.17, 15) is 0 Å². The highest BCUT2D eigenvalue weighted by atomic mass is 16.4. The van der Waals surface area contributed by atoms with Gasteiger partial charge in [-0.25, -0.2) is 15.0 Å². The Morgan fingerprint density at radius 2 is 1.40 bits per heavy atom. The Kier molecular flexibility index (Phi) is 6.47. The van der Waals surface area contributed by atoms with Gasteiger partial charge < -0.3 is 8.83 Å². The topological polar surface area (TPSA) is 69.9 Å². The largest absolute Gasteiger partial charge is 0.439 e. The van der Waals surface area contributed by atoms with Crippen molar-refractivity contribution < 1.29 is 12.9 Å². The van der Waals surface area contributed by atoms with Crippen LogP contribution in [0.2, 0.25) is 0 Å². The molecule has 52 heavy (non-hydrogen) atoms. The van der Waals surface area contributed by atoms with E-state index in [4.69, 9.17) is 22.9 Å². The van der Waals surface area contributed by atoms with Gasteiger partial charge in [-0.3, -0.25) is 4.57 Å². The summed E-state index contributed by atoms with van der Waals surface area (Å²) in [4.78, 5) is 15.1. The summed E-state index contributed by atoms with van der Waals surface area (Å²) in [5, 5.41) is 3.53. The predicted octanol–water partition coefficient (Wildman–Crippen LogP) is 12.8. The van der Waals surface area contributed by atoms with Crippen LogP contribution in [0.4, 0.5) is 0 Å². The zero-order valence-electron chi connectivity index (χ0n) is 33.5. The van der Waals surface area contributed by atoms with Crippen molar-refractivity contribution in [2.24, 2.45) is 0 Å². The van der Waals surface area contributed by atoms with Gasteiger partial charge in [0.1, 0.15) is 11.3 Å². The fourth-order valence-electron chi connectivity index (χ4n) is 7.54. The van der Waals surface area contributed by atoms with E-state index < -0.39 is 6.85 Å². The molecule has 0 atom stereocenters. The van der Waals surface area contributed by atoms with E-state index in [1.807, 2.05) is 12.1 Å². The summed E-state index contributed by atoms with van der Waals surface area (Å²) in [7, 11) is 0. The Labute approximate surface area is 307 Å². The highest BCUT2D eigenvalue weighted by molar-refractivity contribution is 6.20. The van der Waals surface area contributed by atoms with Crippen LogP contribution in [0.1, 0.15) is 87.1 Å². The van der Waals surface area contributed by atoms with E-state index in [1.54, 1.807) is 12.1 Å². The Bertz CT molecular complexity index is 2930. The molecule has 9 aromatic rings. The second-order valence-corrected chi connectivity index (χ2v) is 15.5. The molecule has 0 unspecified atom stereocenters. The number of hydrogen-bond acceptors (Lipinski definition) is 5. The number of aryl methyl sites for hydroxylation is 1. The van der Waals surface area contributed by atoms with Gasteiger partial charge >= 0.3 is 0 Å². The standard InChI is InChI=1S/C46H42N4O2/c1-25(2)33-22-30(28-14-10-9-11-15-28)23-34(26(3)4)39(33)50-40-31-17-13-12-16-29(31)19-21-36(40)48-43(50)35-24-37-42(52-45(49-37)46(6,7)8)38-32-20-18-27(5)47-44(32)51-41(35)38/h9-26H,1-8H3/i5D3. The molecule has 6 heteroatoms. The molecule has 0 saturated carbocycles. The molecule has 0 amide bonds. The molecule has 0 fully saturated rings. The molecule has 4 aromatic heterocycles. The number of aromatic nitrogens is 4. The number of hydrogen-bond donors (Lipinski definition) is 0. The monoisotopic (exact) mass is 685 g/mol. The van der Waals surface area contributed by atoms with Gasteiger partial charge in [0.15, 0.2) is 11.2 Å². The van der Waals surface area contributed by atoms with Gasteiger partial charge in [0, 0.05) is 20.6 Å². The first-order valence-electron chi connectivity index (χ1n) is 19.5. The summed E-state index contributed by atoms with van der Waals surface area (Å²) < 4.78 is 39.8. The smallest absolute Gasteiger partial charge is 0.227 e. The van der Waals surface area contributed by atoms with E-state index in [-0.39, 0.29) is 28.7 Å². The van der Waals surface area contributed by atoms with Gasteiger partial charge in [-0.1, -0.05) is 109 Å². The number of nitrogens with zero attached hydrogens (tertiary/aromatic N) is 4. The maximum absolute atomic E-state index is 8.08. The number of furan rings is 1. The minimum atomic E-state index is -2.40. The number of fused-ring (bicyclic) bond motifs is 8. The average molecular weight is 686 g/mol. The lowest BCUT2D eigenvalue weighted by Crippen LogP contribution is -2.11. The number of pyridine rings is 1. The third-order valence-corrected chi connectivity index (χ3v) is 10.1. The van der Waals surface area contributed by atoms with Crippen LogP contribution in [0.3, 0.4) is 0 Å². The number of rotatable bonds is 5. The Hall–Kier alpha value is -5.75. The molecule has 0 aliphatic heterocycles. The average Bonchev–Trinajstić information content (AvgIpc) is 3.87. The molecule has 0 bridgehead atoms. The zero-order chi connectivity index (χ0) is 38.6.